The number of nitrogens with zero attached hydrogens (tertiary/aromatic N) is 3. The number of guanidine groups is 1. The third-order valence-corrected chi connectivity index (χ3v) is 3.15. The lowest BCUT2D eigenvalue weighted by atomic mass is 10.4. The maximum Gasteiger partial charge on any atom is 0.271 e. The highest BCUT2D eigenvalue weighted by Crippen LogP contribution is 2.28. The maximum absolute atomic E-state index is 11.7. The number of hydrogen-bond donors (Lipinski definition) is 3. The number of amides is 1. The number of aromatic nitrogens is 2. The van der Waals surface area contributed by atoms with E-state index in [0.717, 1.165) is 5.96 Å². The van der Waals surface area contributed by atoms with Crippen LogP contribution in [0.2, 0.25) is 0 Å². The topological polar surface area (TPSA) is 91.3 Å². The van der Waals surface area contributed by atoms with Gasteiger partial charge in [-0.3, -0.25) is 14.8 Å². The van der Waals surface area contributed by atoms with Gasteiger partial charge in [0.15, 0.2) is 5.96 Å². The van der Waals surface area contributed by atoms with Crippen molar-refractivity contribution in [2.75, 3.05) is 20.1 Å². The fourth-order valence-corrected chi connectivity index (χ4v) is 1.76. The average Bonchev–Trinajstić information content (AvgIpc) is 3.18. The molecule has 2 unspecified atom stereocenters. The van der Waals surface area contributed by atoms with E-state index in [0.29, 0.717) is 30.7 Å². The zero-order chi connectivity index (χ0) is 14.4. The molecule has 1 fully saturated rings. The van der Waals surface area contributed by atoms with Gasteiger partial charge in [0.1, 0.15) is 5.69 Å². The lowest BCUT2D eigenvalue weighted by Crippen LogP contribution is -2.42. The molecule has 116 valence electrons. The molecule has 2 rings (SSSR count). The van der Waals surface area contributed by atoms with E-state index >= 15 is 0 Å². The molecule has 0 aromatic carbocycles. The Hall–Kier alpha value is -1.45. The minimum atomic E-state index is -0.223. The number of hydrogen-bond acceptors (Lipinski definition) is 4. The molecule has 8 heteroatoms. The standard InChI is InChI=1S/C13H20N6O.HI/c1-9-7-10(9)19-13(14-2)18-6-5-17-12(20)11-8-15-3-4-16-11;/h3-4,8-10H,5-7H2,1-2H3,(H,17,20)(H2,14,18,19);1H. The number of carbonyl (C=O) groups excluding carboxylic acids is 1. The lowest BCUT2D eigenvalue weighted by molar-refractivity contribution is 0.0949. The van der Waals surface area contributed by atoms with E-state index in [1.165, 1.54) is 25.0 Å². The number of aliphatic imine (C=N–C) groups is 1. The smallest absolute Gasteiger partial charge is 0.271 e. The largest absolute Gasteiger partial charge is 0.355 e. The number of halogens is 1. The second-order valence-corrected chi connectivity index (χ2v) is 4.81. The van der Waals surface area contributed by atoms with Crippen molar-refractivity contribution in [1.82, 2.24) is 25.9 Å². The van der Waals surface area contributed by atoms with Gasteiger partial charge in [0.2, 0.25) is 0 Å². The van der Waals surface area contributed by atoms with E-state index < -0.39 is 0 Å². The van der Waals surface area contributed by atoms with Crippen molar-refractivity contribution in [3.63, 3.8) is 0 Å². The summed E-state index contributed by atoms with van der Waals surface area (Å²) in [6.45, 7) is 3.30. The lowest BCUT2D eigenvalue weighted by Gasteiger charge is -2.11. The van der Waals surface area contributed by atoms with E-state index in [4.69, 9.17) is 0 Å². The zero-order valence-corrected chi connectivity index (χ0v) is 14.5. The van der Waals surface area contributed by atoms with Crippen molar-refractivity contribution in [3.05, 3.63) is 24.3 Å². The van der Waals surface area contributed by atoms with Crippen molar-refractivity contribution >= 4 is 35.8 Å². The molecule has 0 aliphatic heterocycles. The Balaban J connectivity index is 0.00000220. The summed E-state index contributed by atoms with van der Waals surface area (Å²) in [5.74, 6) is 1.26. The van der Waals surface area contributed by atoms with Crippen molar-refractivity contribution < 1.29 is 4.79 Å². The summed E-state index contributed by atoms with van der Waals surface area (Å²) in [6.07, 6.45) is 5.66. The first-order chi connectivity index (χ1) is 9.70. The van der Waals surface area contributed by atoms with Crippen molar-refractivity contribution in [1.29, 1.82) is 0 Å². The van der Waals surface area contributed by atoms with Crippen molar-refractivity contribution in [2.24, 2.45) is 10.9 Å². The quantitative estimate of drug-likeness (QED) is 0.286. The summed E-state index contributed by atoms with van der Waals surface area (Å²) in [5, 5.41) is 9.24. The molecular weight excluding hydrogens is 383 g/mol. The fourth-order valence-electron chi connectivity index (χ4n) is 1.76. The second kappa shape index (κ2) is 8.75. The monoisotopic (exact) mass is 404 g/mol. The molecule has 1 aliphatic carbocycles. The SMILES string of the molecule is CN=C(NCCNC(=O)c1cnccn1)NC1CC1C.I. The molecule has 1 amide bonds. The number of rotatable bonds is 5. The zero-order valence-electron chi connectivity index (χ0n) is 12.2. The summed E-state index contributed by atoms with van der Waals surface area (Å²) in [5.41, 5.74) is 0.321. The predicted octanol–water partition coefficient (Wildman–Crippen LogP) is 0.398. The van der Waals surface area contributed by atoms with E-state index in [1.807, 2.05) is 0 Å². The van der Waals surface area contributed by atoms with Gasteiger partial charge >= 0.3 is 0 Å². The van der Waals surface area contributed by atoms with Gasteiger partial charge < -0.3 is 16.0 Å². The van der Waals surface area contributed by atoms with Crippen molar-refractivity contribution in [2.45, 2.75) is 19.4 Å². The van der Waals surface area contributed by atoms with Crippen LogP contribution in [0.15, 0.2) is 23.6 Å². The fraction of sp³-hybridized carbons (Fsp3) is 0.538. The summed E-state index contributed by atoms with van der Waals surface area (Å²) >= 11 is 0. The van der Waals surface area contributed by atoms with Gasteiger partial charge in [-0.05, 0) is 12.3 Å². The molecule has 1 aromatic heterocycles. The molecule has 1 aromatic rings. The van der Waals surface area contributed by atoms with Gasteiger partial charge in [-0.1, -0.05) is 6.92 Å². The number of nitrogens with one attached hydrogen (secondary N) is 3. The molecule has 21 heavy (non-hydrogen) atoms. The molecule has 1 aliphatic rings. The Labute approximate surface area is 141 Å². The van der Waals surface area contributed by atoms with Crippen LogP contribution in [0.25, 0.3) is 0 Å². The van der Waals surface area contributed by atoms with Crippen LogP contribution >= 0.6 is 24.0 Å². The summed E-state index contributed by atoms with van der Waals surface area (Å²) in [4.78, 5) is 23.6. The molecule has 3 N–H and O–H groups in total. The molecule has 1 heterocycles. The summed E-state index contributed by atoms with van der Waals surface area (Å²) in [7, 11) is 1.74. The van der Waals surface area contributed by atoms with Gasteiger partial charge in [0.25, 0.3) is 5.91 Å². The van der Waals surface area contributed by atoms with Crippen molar-refractivity contribution in [3.8, 4) is 0 Å². The Morgan fingerprint density at radius 1 is 1.38 bits per heavy atom. The first kappa shape index (κ1) is 17.6. The molecule has 0 radical (unpaired) electrons. The second-order valence-electron chi connectivity index (χ2n) is 4.81. The molecular formula is C13H21IN6O. The average molecular weight is 404 g/mol. The normalized spacial score (nSPS) is 20.2. The van der Waals surface area contributed by atoms with Crippen LogP contribution in [0.3, 0.4) is 0 Å². The molecule has 0 saturated heterocycles. The Morgan fingerprint density at radius 3 is 2.67 bits per heavy atom. The van der Waals surface area contributed by atoms with Crippen LogP contribution in [0.5, 0.6) is 0 Å². The Bertz CT molecular complexity index is 481. The minimum absolute atomic E-state index is 0. The summed E-state index contributed by atoms with van der Waals surface area (Å²) < 4.78 is 0. The van der Waals surface area contributed by atoms with Gasteiger partial charge in [-0.15, -0.1) is 24.0 Å². The van der Waals surface area contributed by atoms with Crippen LogP contribution in [0.4, 0.5) is 0 Å². The molecule has 1 saturated carbocycles. The van der Waals surface area contributed by atoms with E-state index in [2.05, 4.69) is 37.8 Å². The van der Waals surface area contributed by atoms with Gasteiger partial charge in [-0.25, -0.2) is 4.98 Å². The first-order valence-electron chi connectivity index (χ1n) is 6.72. The summed E-state index contributed by atoms with van der Waals surface area (Å²) in [6, 6.07) is 0.524. The molecule has 2 atom stereocenters. The highest BCUT2D eigenvalue weighted by atomic mass is 127. The predicted molar refractivity (Wildman–Crippen MR) is 91.8 cm³/mol. The van der Waals surface area contributed by atoms with E-state index in [9.17, 15) is 4.79 Å². The highest BCUT2D eigenvalue weighted by molar-refractivity contribution is 14.0. The van der Waals surface area contributed by atoms with Crippen LogP contribution in [-0.4, -0.2) is 48.0 Å². The molecule has 7 nitrogen and oxygen atoms in total. The molecule has 0 spiro atoms. The third-order valence-electron chi connectivity index (χ3n) is 3.15. The number of carbonyl (C=O) groups is 1. The van der Waals surface area contributed by atoms with Crippen LogP contribution in [0.1, 0.15) is 23.8 Å². The third kappa shape index (κ3) is 5.82. The van der Waals surface area contributed by atoms with Crippen LogP contribution in [-0.2, 0) is 0 Å². The van der Waals surface area contributed by atoms with E-state index in [1.54, 1.807) is 7.05 Å². The van der Waals surface area contributed by atoms with Crippen LogP contribution in [0, 0.1) is 5.92 Å². The Morgan fingerprint density at radius 2 is 2.10 bits per heavy atom. The van der Waals surface area contributed by atoms with Crippen LogP contribution < -0.4 is 16.0 Å². The first-order valence-corrected chi connectivity index (χ1v) is 6.72. The van der Waals surface area contributed by atoms with E-state index in [-0.39, 0.29) is 29.9 Å². The van der Waals surface area contributed by atoms with Gasteiger partial charge in [0, 0.05) is 38.6 Å². The minimum Gasteiger partial charge on any atom is -0.355 e. The Kier molecular flexibility index (Phi) is 7.34. The maximum atomic E-state index is 11.7. The van der Waals surface area contributed by atoms with Gasteiger partial charge in [0.05, 0.1) is 6.20 Å². The highest BCUT2D eigenvalue weighted by Gasteiger charge is 2.33. The van der Waals surface area contributed by atoms with Gasteiger partial charge in [-0.2, -0.15) is 0 Å². The molecule has 0 bridgehead atoms.